The summed E-state index contributed by atoms with van der Waals surface area (Å²) in [5.41, 5.74) is 4.59. The minimum atomic E-state index is 0.747. The minimum absolute atomic E-state index is 0.747. The average Bonchev–Trinajstić information content (AvgIpc) is 2.32. The van der Waals surface area contributed by atoms with Crippen molar-refractivity contribution in [2.24, 2.45) is 5.92 Å². The number of hydrogen-bond acceptors (Lipinski definition) is 1. The Morgan fingerprint density at radius 2 is 1.89 bits per heavy atom. The van der Waals surface area contributed by atoms with Crippen LogP contribution in [0, 0.1) is 12.8 Å². The highest BCUT2D eigenvalue weighted by molar-refractivity contribution is 5.33. The van der Waals surface area contributed by atoms with Crippen LogP contribution < -0.4 is 0 Å². The topological polar surface area (TPSA) is 3.24 Å². The number of aryl methyl sites for hydroxylation is 1. The largest absolute Gasteiger partial charge is 0.306 e. The van der Waals surface area contributed by atoms with E-state index in [9.17, 15) is 0 Å². The molecule has 0 bridgehead atoms. The lowest BCUT2D eigenvalue weighted by Crippen LogP contribution is -2.29. The van der Waals surface area contributed by atoms with Gasteiger partial charge < -0.3 is 4.90 Å². The Morgan fingerprint density at radius 3 is 2.50 bits per heavy atom. The molecule has 0 spiro atoms. The molecule has 0 radical (unpaired) electrons. The maximum Gasteiger partial charge on any atom is -0.00159 e. The first kappa shape index (κ1) is 13.6. The molecule has 1 aliphatic rings. The van der Waals surface area contributed by atoms with E-state index in [0.29, 0.717) is 0 Å². The van der Waals surface area contributed by atoms with Crippen LogP contribution in [0.2, 0.25) is 0 Å². The summed E-state index contributed by atoms with van der Waals surface area (Å²) < 4.78 is 0. The van der Waals surface area contributed by atoms with Gasteiger partial charge in [0.25, 0.3) is 0 Å². The van der Waals surface area contributed by atoms with Crippen LogP contribution in [0.15, 0.2) is 18.2 Å². The molecule has 18 heavy (non-hydrogen) atoms. The molecule has 1 fully saturated rings. The zero-order valence-corrected chi connectivity index (χ0v) is 12.4. The molecule has 0 aliphatic carbocycles. The first-order valence-corrected chi connectivity index (χ1v) is 7.34. The fourth-order valence-corrected chi connectivity index (χ4v) is 2.95. The summed E-state index contributed by atoms with van der Waals surface area (Å²) in [6.07, 6.45) is 3.85. The Hall–Kier alpha value is -0.820. The van der Waals surface area contributed by atoms with Crippen molar-refractivity contribution >= 4 is 0 Å². The van der Waals surface area contributed by atoms with Gasteiger partial charge in [-0.3, -0.25) is 0 Å². The predicted molar refractivity (Wildman–Crippen MR) is 79.2 cm³/mol. The predicted octanol–water partition coefficient (Wildman–Crippen LogP) is 4.00. The van der Waals surface area contributed by atoms with E-state index in [4.69, 9.17) is 0 Å². The molecule has 2 rings (SSSR count). The lowest BCUT2D eigenvalue weighted by Gasteiger charge is -2.29. The van der Waals surface area contributed by atoms with E-state index in [1.807, 2.05) is 0 Å². The highest BCUT2D eigenvalue weighted by Crippen LogP contribution is 2.29. The SMILES string of the molecule is Cc1ccc(C2CCN(C)CC2)cc1CC(C)C. The molecule has 100 valence electrons. The van der Waals surface area contributed by atoms with Crippen molar-refractivity contribution < 1.29 is 0 Å². The van der Waals surface area contributed by atoms with Crippen LogP contribution in [-0.2, 0) is 6.42 Å². The second kappa shape index (κ2) is 5.88. The van der Waals surface area contributed by atoms with E-state index in [1.165, 1.54) is 37.9 Å². The van der Waals surface area contributed by atoms with Crippen LogP contribution in [0.1, 0.15) is 49.3 Å². The summed E-state index contributed by atoms with van der Waals surface area (Å²) in [4.78, 5) is 2.44. The standard InChI is InChI=1S/C17H27N/c1-13(2)11-17-12-16(6-5-14(17)3)15-7-9-18(4)10-8-15/h5-6,12-13,15H,7-11H2,1-4H3. The molecule has 0 amide bonds. The van der Waals surface area contributed by atoms with E-state index in [1.54, 1.807) is 11.1 Å². The highest BCUT2D eigenvalue weighted by atomic mass is 15.1. The number of hydrogen-bond donors (Lipinski definition) is 0. The summed E-state index contributed by atoms with van der Waals surface area (Å²) in [5.74, 6) is 1.53. The first-order chi connectivity index (χ1) is 8.56. The van der Waals surface area contributed by atoms with Crippen LogP contribution in [0.4, 0.5) is 0 Å². The number of benzene rings is 1. The zero-order chi connectivity index (χ0) is 13.1. The van der Waals surface area contributed by atoms with Crippen LogP contribution in [-0.4, -0.2) is 25.0 Å². The molecule has 1 aliphatic heterocycles. The number of likely N-dealkylation sites (tertiary alicyclic amines) is 1. The molecule has 1 aromatic carbocycles. The fraction of sp³-hybridized carbons (Fsp3) is 0.647. The normalized spacial score (nSPS) is 18.5. The average molecular weight is 245 g/mol. The lowest BCUT2D eigenvalue weighted by atomic mass is 9.86. The Kier molecular flexibility index (Phi) is 4.45. The van der Waals surface area contributed by atoms with Crippen LogP contribution in [0.25, 0.3) is 0 Å². The van der Waals surface area contributed by atoms with E-state index < -0.39 is 0 Å². The molecule has 0 saturated carbocycles. The van der Waals surface area contributed by atoms with Crippen LogP contribution in [0.5, 0.6) is 0 Å². The Morgan fingerprint density at radius 1 is 1.22 bits per heavy atom. The third kappa shape index (κ3) is 3.35. The molecule has 1 saturated heterocycles. The van der Waals surface area contributed by atoms with Crippen molar-refractivity contribution in [3.63, 3.8) is 0 Å². The third-order valence-corrected chi connectivity index (χ3v) is 4.19. The maximum absolute atomic E-state index is 2.48. The fourth-order valence-electron chi connectivity index (χ4n) is 2.95. The van der Waals surface area contributed by atoms with Crippen molar-refractivity contribution in [1.82, 2.24) is 4.90 Å². The van der Waals surface area contributed by atoms with Gasteiger partial charge >= 0.3 is 0 Å². The molecule has 1 aromatic rings. The summed E-state index contributed by atoms with van der Waals surface area (Å²) >= 11 is 0. The molecule has 1 nitrogen and oxygen atoms in total. The van der Waals surface area contributed by atoms with E-state index in [2.05, 4.69) is 50.9 Å². The van der Waals surface area contributed by atoms with Gasteiger partial charge in [0.05, 0.1) is 0 Å². The van der Waals surface area contributed by atoms with Crippen LogP contribution >= 0.6 is 0 Å². The van der Waals surface area contributed by atoms with E-state index in [0.717, 1.165) is 11.8 Å². The van der Waals surface area contributed by atoms with Crippen molar-refractivity contribution in [3.8, 4) is 0 Å². The van der Waals surface area contributed by atoms with Crippen LogP contribution in [0.3, 0.4) is 0 Å². The van der Waals surface area contributed by atoms with E-state index in [-0.39, 0.29) is 0 Å². The molecule has 1 heterocycles. The Balaban J connectivity index is 2.13. The number of nitrogens with zero attached hydrogens (tertiary/aromatic N) is 1. The molecule has 0 N–H and O–H groups in total. The zero-order valence-electron chi connectivity index (χ0n) is 12.4. The van der Waals surface area contributed by atoms with Crippen molar-refractivity contribution in [1.29, 1.82) is 0 Å². The van der Waals surface area contributed by atoms with Gasteiger partial charge in [0.2, 0.25) is 0 Å². The molecule has 1 heteroatoms. The second-order valence-electron chi connectivity index (χ2n) is 6.36. The second-order valence-corrected chi connectivity index (χ2v) is 6.36. The van der Waals surface area contributed by atoms with Gasteiger partial charge in [0, 0.05) is 0 Å². The molecule has 0 unspecified atom stereocenters. The molecule has 0 atom stereocenters. The first-order valence-electron chi connectivity index (χ1n) is 7.34. The Bertz CT molecular complexity index is 387. The van der Waals surface area contributed by atoms with Crippen molar-refractivity contribution in [2.75, 3.05) is 20.1 Å². The molecule has 0 aromatic heterocycles. The van der Waals surface area contributed by atoms with Gasteiger partial charge in [-0.1, -0.05) is 32.0 Å². The summed E-state index contributed by atoms with van der Waals surface area (Å²) in [6.45, 7) is 9.36. The molecular weight excluding hydrogens is 218 g/mol. The van der Waals surface area contributed by atoms with Gasteiger partial charge in [-0.25, -0.2) is 0 Å². The van der Waals surface area contributed by atoms with Gasteiger partial charge in [0.15, 0.2) is 0 Å². The van der Waals surface area contributed by atoms with Crippen molar-refractivity contribution in [2.45, 2.75) is 46.0 Å². The van der Waals surface area contributed by atoms with Gasteiger partial charge in [-0.2, -0.15) is 0 Å². The summed E-state index contributed by atoms with van der Waals surface area (Å²) in [6, 6.07) is 7.16. The summed E-state index contributed by atoms with van der Waals surface area (Å²) in [5, 5.41) is 0. The smallest absolute Gasteiger partial charge is 0.00159 e. The van der Waals surface area contributed by atoms with Crippen molar-refractivity contribution in [3.05, 3.63) is 34.9 Å². The number of rotatable bonds is 3. The minimum Gasteiger partial charge on any atom is -0.306 e. The van der Waals surface area contributed by atoms with Gasteiger partial charge in [-0.05, 0) is 74.8 Å². The van der Waals surface area contributed by atoms with E-state index >= 15 is 0 Å². The highest BCUT2D eigenvalue weighted by Gasteiger charge is 2.18. The Labute approximate surface area is 112 Å². The summed E-state index contributed by atoms with van der Waals surface area (Å²) in [7, 11) is 2.23. The van der Waals surface area contributed by atoms with Gasteiger partial charge in [-0.15, -0.1) is 0 Å². The number of piperidine rings is 1. The third-order valence-electron chi connectivity index (χ3n) is 4.19. The monoisotopic (exact) mass is 245 g/mol. The molecular formula is C17H27N. The maximum atomic E-state index is 2.48. The quantitative estimate of drug-likeness (QED) is 0.778. The van der Waals surface area contributed by atoms with Gasteiger partial charge in [0.1, 0.15) is 0 Å². The lowest BCUT2D eigenvalue weighted by molar-refractivity contribution is 0.255.